The van der Waals surface area contributed by atoms with Crippen molar-refractivity contribution in [3.8, 4) is 50.9 Å². The lowest BCUT2D eigenvalue weighted by Crippen LogP contribution is -2.31. The lowest BCUT2D eigenvalue weighted by Gasteiger charge is -2.26. The standard InChI is InChI=1S/C54H44N4O/c1-36-34-55-53(37(2)51(36)54(3,4)5)58-47-27-13-12-24-45(47)46-31-30-42(33-50(46)58)59-41-23-16-22-40(32-41)56-35-57(49-29-15-14-28-48(49)56)52-43(38-18-8-6-9-19-38)25-17-26-44(52)39-20-10-7-11-21-39/h6-34H,1-5H3/i6D,7D,8D,9D,10D,11D,18D,19D,20D,21D. The molecular formula is C54H44N4O. The van der Waals surface area contributed by atoms with Crippen LogP contribution in [0.5, 0.6) is 11.5 Å². The van der Waals surface area contributed by atoms with Gasteiger partial charge in [-0.05, 0) is 94.6 Å². The summed E-state index contributed by atoms with van der Waals surface area (Å²) in [6, 6.07) is 28.8. The Morgan fingerprint density at radius 3 is 1.98 bits per heavy atom. The molecule has 0 spiro atoms. The van der Waals surface area contributed by atoms with E-state index < -0.39 is 60.4 Å². The normalized spacial score (nSPS) is 14.2. The van der Waals surface area contributed by atoms with Crippen LogP contribution in [0.1, 0.15) is 51.2 Å². The van der Waals surface area contributed by atoms with Crippen LogP contribution in [0.15, 0.2) is 176 Å². The number of imidazole rings is 1. The van der Waals surface area contributed by atoms with Crippen molar-refractivity contribution in [2.45, 2.75) is 40.0 Å². The van der Waals surface area contributed by atoms with E-state index in [4.69, 9.17) is 23.4 Å². The van der Waals surface area contributed by atoms with Gasteiger partial charge in [-0.25, -0.2) is 4.98 Å². The fourth-order valence-corrected chi connectivity index (χ4v) is 8.55. The minimum atomic E-state index is -0.564. The molecule has 0 atom stereocenters. The molecule has 0 saturated heterocycles. The lowest BCUT2D eigenvalue weighted by atomic mass is 9.82. The van der Waals surface area contributed by atoms with Crippen LogP contribution < -0.4 is 9.30 Å². The molecular weight excluding hydrogens is 721 g/mol. The second-order valence-electron chi connectivity index (χ2n) is 15.6. The largest absolute Gasteiger partial charge is 0.458 e. The number of rotatable bonds is 7. The molecule has 0 amide bonds. The zero-order valence-electron chi connectivity index (χ0n) is 43.2. The van der Waals surface area contributed by atoms with Crippen LogP contribution in [0.3, 0.4) is 0 Å². The maximum Gasteiger partial charge on any atom is 0.269 e. The summed E-state index contributed by atoms with van der Waals surface area (Å²) in [7, 11) is 0. The maximum atomic E-state index is 9.01. The highest BCUT2D eigenvalue weighted by Gasteiger charge is 2.24. The monoisotopic (exact) mass is 774 g/mol. The highest BCUT2D eigenvalue weighted by molar-refractivity contribution is 6.09. The molecule has 5 heteroatoms. The van der Waals surface area contributed by atoms with Gasteiger partial charge in [0, 0.05) is 23.0 Å². The number of ether oxygens (including phenoxy) is 1. The summed E-state index contributed by atoms with van der Waals surface area (Å²) in [6.07, 6.45) is 5.39. The average Bonchev–Trinajstić information content (AvgIpc) is 3.87. The van der Waals surface area contributed by atoms with Gasteiger partial charge in [0.2, 0.25) is 0 Å². The quantitative estimate of drug-likeness (QED) is 0.119. The number of para-hydroxylation sites is 4. The second-order valence-corrected chi connectivity index (χ2v) is 15.6. The van der Waals surface area contributed by atoms with E-state index in [1.807, 2.05) is 79.0 Å². The number of fused-ring (bicyclic) bond motifs is 4. The number of hydrogen-bond donors (Lipinski definition) is 0. The Kier molecular flexibility index (Phi) is 6.45. The van der Waals surface area contributed by atoms with Gasteiger partial charge in [-0.15, -0.1) is 0 Å². The Morgan fingerprint density at radius 1 is 0.644 bits per heavy atom. The number of aromatic nitrogens is 4. The van der Waals surface area contributed by atoms with E-state index in [1.54, 1.807) is 27.3 Å². The van der Waals surface area contributed by atoms with E-state index in [0.717, 1.165) is 38.8 Å². The van der Waals surface area contributed by atoms with Crippen LogP contribution in [0.4, 0.5) is 0 Å². The fourth-order valence-electron chi connectivity index (χ4n) is 8.55. The van der Waals surface area contributed by atoms with Gasteiger partial charge in [0.15, 0.2) is 0 Å². The van der Waals surface area contributed by atoms with Gasteiger partial charge in [-0.3, -0.25) is 13.7 Å². The number of benzene rings is 7. The van der Waals surface area contributed by atoms with Gasteiger partial charge in [0.05, 0.1) is 47.1 Å². The topological polar surface area (TPSA) is 35.9 Å². The molecule has 0 saturated carbocycles. The molecule has 0 aliphatic rings. The summed E-state index contributed by atoms with van der Waals surface area (Å²) in [6.45, 7) is 10.9. The van der Waals surface area contributed by atoms with Crippen LogP contribution >= 0.6 is 0 Å². The summed E-state index contributed by atoms with van der Waals surface area (Å²) < 4.78 is 99.2. The smallest absolute Gasteiger partial charge is 0.269 e. The molecule has 0 fully saturated rings. The summed E-state index contributed by atoms with van der Waals surface area (Å²) in [5.41, 5.74) is 7.45. The Balaban J connectivity index is 1.15. The van der Waals surface area contributed by atoms with Crippen LogP contribution in [0, 0.1) is 20.2 Å². The third-order valence-electron chi connectivity index (χ3n) is 10.8. The molecule has 0 N–H and O–H groups in total. The van der Waals surface area contributed by atoms with E-state index in [1.165, 1.54) is 5.56 Å². The predicted octanol–water partition coefficient (Wildman–Crippen LogP) is 13.2. The summed E-state index contributed by atoms with van der Waals surface area (Å²) >= 11 is 0. The van der Waals surface area contributed by atoms with Gasteiger partial charge in [0.1, 0.15) is 17.3 Å². The zero-order chi connectivity index (χ0) is 49.0. The van der Waals surface area contributed by atoms with Gasteiger partial charge in [-0.2, -0.15) is 0 Å². The third kappa shape index (κ3) is 6.27. The molecule has 0 radical (unpaired) electrons. The third-order valence-corrected chi connectivity index (χ3v) is 10.8. The first-order valence-corrected chi connectivity index (χ1v) is 19.4. The summed E-state index contributed by atoms with van der Waals surface area (Å²) in [4.78, 5) is 5.02. The lowest BCUT2D eigenvalue weighted by molar-refractivity contribution is -0.571. The first kappa shape index (κ1) is 26.6. The summed E-state index contributed by atoms with van der Waals surface area (Å²) in [5, 5.41) is 2.14. The van der Waals surface area contributed by atoms with Crippen molar-refractivity contribution < 1.29 is 23.0 Å². The van der Waals surface area contributed by atoms with Crippen molar-refractivity contribution in [1.82, 2.24) is 14.1 Å². The molecule has 0 aliphatic heterocycles. The molecule has 0 unspecified atom stereocenters. The van der Waals surface area contributed by atoms with Crippen LogP contribution in [-0.2, 0) is 5.41 Å². The molecule has 7 aromatic carbocycles. The van der Waals surface area contributed by atoms with Gasteiger partial charge >= 0.3 is 0 Å². The highest BCUT2D eigenvalue weighted by atomic mass is 16.5. The van der Waals surface area contributed by atoms with Crippen molar-refractivity contribution >= 4 is 32.8 Å². The Morgan fingerprint density at radius 2 is 1.27 bits per heavy atom. The van der Waals surface area contributed by atoms with Crippen molar-refractivity contribution in [3.63, 3.8) is 0 Å². The molecule has 10 rings (SSSR count). The SMILES string of the molecule is [2H]c1c([2H])c([2H])c(-c2cccc(-c3c([2H])c([2H])c([2H])c([2H])c3[2H])c2-[n+]2[c-]n(-c3cccc(Oc4ccc5c6ccccc6n(-c6ncc(C)c(C(C)(C)C)c6C)c5c4)c3)c3ccccc32)c([2H])c1[2H]. The van der Waals surface area contributed by atoms with E-state index in [-0.39, 0.29) is 33.4 Å². The number of hydrogen-bond acceptors (Lipinski definition) is 2. The average molecular weight is 775 g/mol. The molecule has 0 bridgehead atoms. The van der Waals surface area contributed by atoms with Crippen LogP contribution in [0.2, 0.25) is 0 Å². The number of aryl methyl sites for hydroxylation is 1. The van der Waals surface area contributed by atoms with Crippen molar-refractivity contribution in [2.24, 2.45) is 0 Å². The first-order chi connectivity index (χ1) is 32.9. The Labute approximate surface area is 359 Å². The minimum Gasteiger partial charge on any atom is -0.458 e. The van der Waals surface area contributed by atoms with Crippen molar-refractivity contribution in [1.29, 1.82) is 0 Å². The Bertz CT molecular complexity index is 3650. The van der Waals surface area contributed by atoms with Gasteiger partial charge < -0.3 is 4.74 Å². The Hall–Kier alpha value is -7.24. The van der Waals surface area contributed by atoms with Crippen molar-refractivity contribution in [3.05, 3.63) is 199 Å². The molecule has 10 aromatic rings. The van der Waals surface area contributed by atoms with Crippen LogP contribution in [-0.4, -0.2) is 14.1 Å². The first-order valence-electron chi connectivity index (χ1n) is 24.4. The molecule has 286 valence electrons. The zero-order valence-corrected chi connectivity index (χ0v) is 33.2. The number of nitrogens with zero attached hydrogens (tertiary/aromatic N) is 4. The molecule has 3 aromatic heterocycles. The fraction of sp³-hybridized carbons (Fsp3) is 0.111. The molecule has 5 nitrogen and oxygen atoms in total. The number of pyridine rings is 1. The highest BCUT2D eigenvalue weighted by Crippen LogP contribution is 2.39. The van der Waals surface area contributed by atoms with E-state index >= 15 is 0 Å². The van der Waals surface area contributed by atoms with Crippen LogP contribution in [0.25, 0.3) is 72.3 Å². The maximum absolute atomic E-state index is 9.01. The van der Waals surface area contributed by atoms with E-state index in [0.29, 0.717) is 28.2 Å². The predicted molar refractivity (Wildman–Crippen MR) is 241 cm³/mol. The molecule has 59 heavy (non-hydrogen) atoms. The molecule has 3 heterocycles. The van der Waals surface area contributed by atoms with E-state index in [9.17, 15) is 0 Å². The van der Waals surface area contributed by atoms with Gasteiger partial charge in [-0.1, -0.05) is 148 Å². The molecule has 0 aliphatic carbocycles. The second kappa shape index (κ2) is 14.3. The van der Waals surface area contributed by atoms with Crippen molar-refractivity contribution in [2.75, 3.05) is 0 Å². The van der Waals surface area contributed by atoms with Gasteiger partial charge in [0.25, 0.3) is 6.33 Å². The minimum absolute atomic E-state index is 0.105. The summed E-state index contributed by atoms with van der Waals surface area (Å²) in [5.74, 6) is 1.96. The van der Waals surface area contributed by atoms with E-state index in [2.05, 4.69) is 63.7 Å².